The van der Waals surface area contributed by atoms with Crippen molar-refractivity contribution in [3.05, 3.63) is 70.9 Å². The Morgan fingerprint density at radius 3 is 2.26 bits per heavy atom. The number of hydrogen-bond donors (Lipinski definition) is 3. The number of nitrogens with zero attached hydrogens (tertiary/aromatic N) is 2. The van der Waals surface area contributed by atoms with Crippen LogP contribution in [0.1, 0.15) is 75.2 Å². The van der Waals surface area contributed by atoms with Crippen molar-refractivity contribution >= 4 is 50.1 Å². The Labute approximate surface area is 260 Å². The molecule has 0 saturated carbocycles. The molecule has 3 aromatic rings. The van der Waals surface area contributed by atoms with Gasteiger partial charge in [-0.3, -0.25) is 9.59 Å². The van der Waals surface area contributed by atoms with Gasteiger partial charge in [-0.15, -0.1) is 0 Å². The summed E-state index contributed by atoms with van der Waals surface area (Å²) in [5, 5.41) is 10.4. The van der Waals surface area contributed by atoms with E-state index in [2.05, 4.69) is 29.6 Å². The summed E-state index contributed by atoms with van der Waals surface area (Å²) in [5.74, 6) is -0.512. The van der Waals surface area contributed by atoms with Gasteiger partial charge in [0.2, 0.25) is 0 Å². The fourth-order valence-electron chi connectivity index (χ4n) is 4.50. The van der Waals surface area contributed by atoms with Gasteiger partial charge in [0.15, 0.2) is 14.0 Å². The first-order chi connectivity index (χ1) is 19.9. The molecule has 1 aromatic heterocycles. The van der Waals surface area contributed by atoms with E-state index in [4.69, 9.17) is 20.9 Å². The first kappa shape index (κ1) is 32.9. The van der Waals surface area contributed by atoms with Crippen LogP contribution >= 0.6 is 11.6 Å². The lowest BCUT2D eigenvalue weighted by molar-refractivity contribution is 0.00578. The maximum absolute atomic E-state index is 13.6. The normalized spacial score (nSPS) is 16.3. The minimum absolute atomic E-state index is 0.160. The standard InChI is InChI=1S/C31H42BClN4O5Si/c1-29(2,43(7,8)40)17-12-18-34-28(39)25-20-26(37(36-25)22-13-10-9-11-14-22)35-27(38)23-19-21(15-16-24(23)33)32-41-30(3,4)31(5,6)42-32/h9-11,13-16,19-20,40H,12,17-18H2,1-8H3,(H,34,39)(H,35,38). The van der Waals surface area contributed by atoms with Gasteiger partial charge in [-0.2, -0.15) is 5.10 Å². The van der Waals surface area contributed by atoms with Crippen LogP contribution < -0.4 is 16.1 Å². The molecule has 3 N–H and O–H groups in total. The van der Waals surface area contributed by atoms with E-state index in [1.807, 2.05) is 71.1 Å². The van der Waals surface area contributed by atoms with Crippen molar-refractivity contribution in [2.75, 3.05) is 11.9 Å². The number of hydrogen-bond acceptors (Lipinski definition) is 6. The maximum atomic E-state index is 13.6. The van der Waals surface area contributed by atoms with E-state index in [9.17, 15) is 14.4 Å². The van der Waals surface area contributed by atoms with E-state index in [0.29, 0.717) is 23.5 Å². The molecule has 4 rings (SSSR count). The minimum Gasteiger partial charge on any atom is -0.432 e. The number of para-hydroxylation sites is 1. The van der Waals surface area contributed by atoms with Gasteiger partial charge in [-0.25, -0.2) is 4.68 Å². The smallest absolute Gasteiger partial charge is 0.432 e. The molecule has 9 nitrogen and oxygen atoms in total. The number of halogens is 1. The molecule has 1 fully saturated rings. The van der Waals surface area contributed by atoms with Crippen LogP contribution in [-0.4, -0.2) is 59.6 Å². The van der Waals surface area contributed by atoms with E-state index in [0.717, 1.165) is 12.8 Å². The number of aromatic nitrogens is 2. The molecule has 0 unspecified atom stereocenters. The van der Waals surface area contributed by atoms with Gasteiger partial charge in [-0.1, -0.05) is 49.7 Å². The van der Waals surface area contributed by atoms with Crippen LogP contribution in [0.15, 0.2) is 54.6 Å². The highest BCUT2D eigenvalue weighted by Crippen LogP contribution is 2.39. The van der Waals surface area contributed by atoms with Gasteiger partial charge >= 0.3 is 7.12 Å². The monoisotopic (exact) mass is 624 g/mol. The molecule has 12 heteroatoms. The molecule has 1 saturated heterocycles. The largest absolute Gasteiger partial charge is 0.494 e. The van der Waals surface area contributed by atoms with Crippen LogP contribution in [0.25, 0.3) is 5.69 Å². The van der Waals surface area contributed by atoms with Gasteiger partial charge in [0.1, 0.15) is 5.82 Å². The molecule has 0 atom stereocenters. The average Bonchev–Trinajstić information content (AvgIpc) is 3.43. The highest BCUT2D eigenvalue weighted by Gasteiger charge is 2.51. The molecular weight excluding hydrogens is 583 g/mol. The number of anilines is 1. The summed E-state index contributed by atoms with van der Waals surface area (Å²) in [6.07, 6.45) is 1.50. The van der Waals surface area contributed by atoms with Crippen LogP contribution in [-0.2, 0) is 9.31 Å². The summed E-state index contributed by atoms with van der Waals surface area (Å²) in [7, 11) is -2.99. The van der Waals surface area contributed by atoms with Gasteiger partial charge < -0.3 is 24.7 Å². The second kappa shape index (κ2) is 12.2. The quantitative estimate of drug-likeness (QED) is 0.201. The van der Waals surface area contributed by atoms with E-state index in [1.165, 1.54) is 4.68 Å². The first-order valence-electron chi connectivity index (χ1n) is 14.5. The summed E-state index contributed by atoms with van der Waals surface area (Å²) in [6, 6.07) is 15.9. The van der Waals surface area contributed by atoms with Crippen molar-refractivity contribution in [3.8, 4) is 5.69 Å². The molecule has 230 valence electrons. The van der Waals surface area contributed by atoms with Crippen LogP contribution in [0.3, 0.4) is 0 Å². The Kier molecular flexibility index (Phi) is 9.35. The number of carbonyl (C=O) groups is 2. The van der Waals surface area contributed by atoms with Crippen LogP contribution in [0, 0.1) is 0 Å². The van der Waals surface area contributed by atoms with Crippen LogP contribution in [0.5, 0.6) is 0 Å². The molecule has 0 spiro atoms. The van der Waals surface area contributed by atoms with Gasteiger partial charge in [0.25, 0.3) is 11.8 Å². The molecular formula is C31H42BClN4O5Si. The number of nitrogens with one attached hydrogen (secondary N) is 2. The molecule has 43 heavy (non-hydrogen) atoms. The molecule has 2 amide bonds. The maximum Gasteiger partial charge on any atom is 0.494 e. The summed E-state index contributed by atoms with van der Waals surface area (Å²) in [5.41, 5.74) is 0.662. The molecule has 2 heterocycles. The fraction of sp³-hybridized carbons (Fsp3) is 0.452. The molecule has 0 aliphatic carbocycles. The minimum atomic E-state index is -2.33. The zero-order valence-electron chi connectivity index (χ0n) is 26.2. The highest BCUT2D eigenvalue weighted by molar-refractivity contribution is 6.72. The van der Waals surface area contributed by atoms with E-state index >= 15 is 0 Å². The Bertz CT molecular complexity index is 1470. The molecule has 0 bridgehead atoms. The number of amides is 2. The summed E-state index contributed by atoms with van der Waals surface area (Å²) in [4.78, 5) is 37.2. The van der Waals surface area contributed by atoms with Crippen molar-refractivity contribution in [1.82, 2.24) is 15.1 Å². The Morgan fingerprint density at radius 2 is 1.65 bits per heavy atom. The van der Waals surface area contributed by atoms with Crippen molar-refractivity contribution in [1.29, 1.82) is 0 Å². The second-order valence-electron chi connectivity index (χ2n) is 13.2. The zero-order chi connectivity index (χ0) is 31.8. The topological polar surface area (TPSA) is 115 Å². The summed E-state index contributed by atoms with van der Waals surface area (Å²) < 4.78 is 13.8. The third kappa shape index (κ3) is 7.24. The predicted octanol–water partition coefficient (Wildman–Crippen LogP) is 5.56. The van der Waals surface area contributed by atoms with Crippen molar-refractivity contribution in [2.24, 2.45) is 0 Å². The number of carbonyl (C=O) groups excluding carboxylic acids is 2. The third-order valence-electron chi connectivity index (χ3n) is 8.87. The average molecular weight is 625 g/mol. The van der Waals surface area contributed by atoms with Crippen molar-refractivity contribution in [2.45, 2.75) is 83.7 Å². The summed E-state index contributed by atoms with van der Waals surface area (Å²) in [6.45, 7) is 16.3. The Balaban J connectivity index is 1.54. The van der Waals surface area contributed by atoms with Gasteiger partial charge in [0, 0.05) is 12.6 Å². The second-order valence-corrected chi connectivity index (χ2v) is 18.1. The van der Waals surface area contributed by atoms with Crippen LogP contribution in [0.2, 0.25) is 23.2 Å². The molecule has 2 aromatic carbocycles. The van der Waals surface area contributed by atoms with Crippen LogP contribution in [0.4, 0.5) is 5.82 Å². The van der Waals surface area contributed by atoms with Crippen molar-refractivity contribution < 1.29 is 23.7 Å². The lowest BCUT2D eigenvalue weighted by Crippen LogP contribution is -2.41. The number of benzene rings is 2. The first-order valence-corrected chi connectivity index (χ1v) is 17.9. The highest BCUT2D eigenvalue weighted by atomic mass is 35.5. The SMILES string of the molecule is CC1(C)OB(c2ccc(Cl)c(C(=O)Nc3cc(C(=O)NCCCC(C)(C)[Si](C)(C)O)nn3-c3ccccc3)c2)OC1(C)C. The third-order valence-corrected chi connectivity index (χ3v) is 12.8. The predicted molar refractivity (Wildman–Crippen MR) is 174 cm³/mol. The van der Waals surface area contributed by atoms with E-state index in [1.54, 1.807) is 24.3 Å². The Hall–Kier alpha value is -2.96. The molecule has 0 radical (unpaired) electrons. The summed E-state index contributed by atoms with van der Waals surface area (Å²) >= 11 is 6.48. The van der Waals surface area contributed by atoms with Gasteiger partial charge in [0.05, 0.1) is 27.5 Å². The van der Waals surface area contributed by atoms with Crippen molar-refractivity contribution in [3.63, 3.8) is 0 Å². The zero-order valence-corrected chi connectivity index (χ0v) is 28.0. The molecule has 1 aliphatic rings. The fourth-order valence-corrected chi connectivity index (χ4v) is 5.49. The lowest BCUT2D eigenvalue weighted by Gasteiger charge is -2.35. The van der Waals surface area contributed by atoms with E-state index < -0.39 is 32.5 Å². The molecule has 1 aliphatic heterocycles. The van der Waals surface area contributed by atoms with Gasteiger partial charge in [-0.05, 0) is 88.4 Å². The van der Waals surface area contributed by atoms with E-state index in [-0.39, 0.29) is 27.2 Å². The Morgan fingerprint density at radius 1 is 1.02 bits per heavy atom. The number of rotatable bonds is 10. The lowest BCUT2D eigenvalue weighted by atomic mass is 9.78.